The molecule has 0 aliphatic heterocycles. The molecule has 4 aromatic rings. The smallest absolute Gasteiger partial charge is 0.342 e. The highest BCUT2D eigenvalue weighted by Gasteiger charge is 2.17. The Balaban J connectivity index is 1.67. The summed E-state index contributed by atoms with van der Waals surface area (Å²) >= 11 is 14.0. The highest BCUT2D eigenvalue weighted by molar-refractivity contribution is 8.04. The van der Waals surface area contributed by atoms with Crippen molar-refractivity contribution < 1.29 is 14.8 Å². The quantitative estimate of drug-likeness (QED) is 0.104. The molecule has 4 rings (SSSR count). The lowest BCUT2D eigenvalue weighted by Gasteiger charge is -2.08. The average molecular weight is 545 g/mol. The van der Waals surface area contributed by atoms with Crippen molar-refractivity contribution in [3.63, 3.8) is 0 Å². The molecule has 0 fully saturated rings. The molecule has 35 heavy (non-hydrogen) atoms. The number of carbonyl (C=O) groups is 1. The molecule has 0 amide bonds. The monoisotopic (exact) mass is 544 g/mol. The molecule has 0 aliphatic carbocycles. The number of H-pyrrole nitrogens is 1. The Morgan fingerprint density at radius 2 is 1.69 bits per heavy atom. The van der Waals surface area contributed by atoms with Gasteiger partial charge in [0.15, 0.2) is 5.82 Å². The highest BCUT2D eigenvalue weighted by Crippen LogP contribution is 2.36. The molecule has 3 aromatic carbocycles. The predicted octanol–water partition coefficient (Wildman–Crippen LogP) is 7.06. The Morgan fingerprint density at radius 3 is 2.31 bits per heavy atom. The number of non-ortho nitro benzene ring substituents is 1. The summed E-state index contributed by atoms with van der Waals surface area (Å²) in [5, 5.41) is 29.3. The molecule has 0 radical (unpaired) electrons. The van der Waals surface area contributed by atoms with Gasteiger partial charge in [-0.25, -0.2) is 9.78 Å². The number of rotatable bonds is 8. The fraction of sp³-hybridized carbons (Fsp3) is 0. The lowest BCUT2D eigenvalue weighted by molar-refractivity contribution is -0.384. The van der Waals surface area contributed by atoms with Crippen LogP contribution in [0, 0.1) is 10.1 Å². The van der Waals surface area contributed by atoms with Gasteiger partial charge in [0.25, 0.3) is 5.69 Å². The Hall–Kier alpha value is -3.31. The van der Waals surface area contributed by atoms with E-state index >= 15 is 0 Å². The first kappa shape index (κ1) is 24.8. The van der Waals surface area contributed by atoms with Gasteiger partial charge in [0, 0.05) is 37.5 Å². The number of thioether (sulfide) groups is 1. The number of nitro benzene ring substituents is 1. The van der Waals surface area contributed by atoms with Crippen LogP contribution in [-0.2, 0) is 4.79 Å². The summed E-state index contributed by atoms with van der Waals surface area (Å²) in [4.78, 5) is 28.5. The van der Waals surface area contributed by atoms with E-state index < -0.39 is 10.9 Å². The van der Waals surface area contributed by atoms with Crippen LogP contribution >= 0.6 is 46.7 Å². The van der Waals surface area contributed by atoms with Crippen molar-refractivity contribution in [3.8, 4) is 11.4 Å². The second kappa shape index (κ2) is 11.0. The maximum Gasteiger partial charge on any atom is 0.342 e. The molecule has 0 bridgehead atoms. The second-order valence-corrected chi connectivity index (χ2v) is 9.92. The fourth-order valence-electron chi connectivity index (χ4n) is 2.89. The number of hydrogen-bond donors (Lipinski definition) is 2. The number of nitrogens with one attached hydrogen (secondary N) is 1. The molecular weight excluding hydrogens is 531 g/mol. The zero-order chi connectivity index (χ0) is 24.9. The molecule has 176 valence electrons. The summed E-state index contributed by atoms with van der Waals surface area (Å²) in [6, 6.07) is 18.3. The molecule has 1 aromatic heterocycles. The van der Waals surface area contributed by atoms with Crippen LogP contribution in [0.1, 0.15) is 5.56 Å². The van der Waals surface area contributed by atoms with Gasteiger partial charge in [0.05, 0.1) is 4.92 Å². The van der Waals surface area contributed by atoms with Crippen molar-refractivity contribution in [2.75, 3.05) is 0 Å². The van der Waals surface area contributed by atoms with Gasteiger partial charge in [0.1, 0.15) is 4.91 Å². The lowest BCUT2D eigenvalue weighted by Crippen LogP contribution is -1.98. The first-order valence-electron chi connectivity index (χ1n) is 9.81. The molecule has 0 aliphatic rings. The van der Waals surface area contributed by atoms with Gasteiger partial charge in [-0.15, -0.1) is 5.10 Å². The van der Waals surface area contributed by atoms with Crippen LogP contribution in [0.2, 0.25) is 10.0 Å². The van der Waals surface area contributed by atoms with E-state index in [4.69, 9.17) is 23.2 Å². The van der Waals surface area contributed by atoms with Crippen molar-refractivity contribution >= 4 is 64.5 Å². The SMILES string of the molecule is O=C(O)/C(=C\c1cc([N+](=O)[O-])ccc1Sc1ccc(Cl)cc1)Sc1n[nH]c(-c2ccc(Cl)cc2)n1. The first-order valence-corrected chi connectivity index (χ1v) is 12.2. The molecular formula is C23H14Cl2N4O4S2. The van der Waals surface area contributed by atoms with Crippen molar-refractivity contribution in [3.05, 3.63) is 97.4 Å². The number of benzene rings is 3. The standard InChI is InChI=1S/C23H14Cl2N4O4S2/c24-15-3-1-13(2-4-15)21-26-23(28-27-21)35-20(22(30)31)12-14-11-17(29(32)33)7-10-19(14)34-18-8-5-16(25)6-9-18/h1-12H,(H,30,31)(H,26,27,28)/b20-12+. The van der Waals surface area contributed by atoms with Crippen LogP contribution in [0.4, 0.5) is 5.69 Å². The number of nitro groups is 1. The molecule has 0 saturated heterocycles. The third kappa shape index (κ3) is 6.43. The number of halogens is 2. The van der Waals surface area contributed by atoms with E-state index in [1.54, 1.807) is 54.6 Å². The van der Waals surface area contributed by atoms with Crippen LogP contribution in [0.15, 0.2) is 86.6 Å². The summed E-state index contributed by atoms with van der Waals surface area (Å²) < 4.78 is 0. The van der Waals surface area contributed by atoms with Crippen LogP contribution in [0.3, 0.4) is 0 Å². The van der Waals surface area contributed by atoms with Crippen molar-refractivity contribution in [1.82, 2.24) is 15.2 Å². The van der Waals surface area contributed by atoms with E-state index in [-0.39, 0.29) is 15.7 Å². The molecule has 0 spiro atoms. The van der Waals surface area contributed by atoms with E-state index in [1.807, 2.05) is 0 Å². The largest absolute Gasteiger partial charge is 0.477 e. The highest BCUT2D eigenvalue weighted by atomic mass is 35.5. The minimum atomic E-state index is -1.22. The van der Waals surface area contributed by atoms with Crippen LogP contribution in [0.5, 0.6) is 0 Å². The Labute approximate surface area is 217 Å². The van der Waals surface area contributed by atoms with Crippen molar-refractivity contribution in [2.24, 2.45) is 0 Å². The molecule has 0 saturated carbocycles. The third-order valence-electron chi connectivity index (χ3n) is 4.53. The van der Waals surface area contributed by atoms with Gasteiger partial charge < -0.3 is 5.11 Å². The number of aromatic nitrogens is 3. The molecule has 12 heteroatoms. The summed E-state index contributed by atoms with van der Waals surface area (Å²) in [7, 11) is 0. The zero-order valence-corrected chi connectivity index (χ0v) is 20.7. The predicted molar refractivity (Wildman–Crippen MR) is 137 cm³/mol. The summed E-state index contributed by atoms with van der Waals surface area (Å²) in [5.41, 5.74) is 0.946. The van der Waals surface area contributed by atoms with Crippen LogP contribution in [-0.4, -0.2) is 31.2 Å². The van der Waals surface area contributed by atoms with Gasteiger partial charge in [-0.3, -0.25) is 15.2 Å². The molecule has 8 nitrogen and oxygen atoms in total. The van der Waals surface area contributed by atoms with E-state index in [2.05, 4.69) is 15.2 Å². The lowest BCUT2D eigenvalue weighted by atomic mass is 10.2. The summed E-state index contributed by atoms with van der Waals surface area (Å²) in [5.74, 6) is -0.773. The van der Waals surface area contributed by atoms with Crippen molar-refractivity contribution in [2.45, 2.75) is 14.9 Å². The number of hydrogen-bond acceptors (Lipinski definition) is 7. The Morgan fingerprint density at radius 1 is 1.03 bits per heavy atom. The second-order valence-electron chi connectivity index (χ2n) is 6.92. The summed E-state index contributed by atoms with van der Waals surface area (Å²) in [6.45, 7) is 0. The fourth-order valence-corrected chi connectivity index (χ4v) is 4.74. The van der Waals surface area contributed by atoms with E-state index in [0.29, 0.717) is 26.3 Å². The van der Waals surface area contributed by atoms with Gasteiger partial charge in [-0.2, -0.15) is 0 Å². The van der Waals surface area contributed by atoms with E-state index in [1.165, 1.54) is 30.0 Å². The maximum atomic E-state index is 12.0. The summed E-state index contributed by atoms with van der Waals surface area (Å²) in [6.07, 6.45) is 1.37. The first-order chi connectivity index (χ1) is 16.8. The van der Waals surface area contributed by atoms with Gasteiger partial charge in [-0.1, -0.05) is 35.0 Å². The number of carboxylic acid groups (broad SMARTS) is 1. The topological polar surface area (TPSA) is 122 Å². The van der Waals surface area contributed by atoms with E-state index in [9.17, 15) is 20.0 Å². The van der Waals surface area contributed by atoms with Crippen molar-refractivity contribution in [1.29, 1.82) is 0 Å². The zero-order valence-electron chi connectivity index (χ0n) is 17.5. The number of nitrogens with zero attached hydrogens (tertiary/aromatic N) is 3. The minimum Gasteiger partial charge on any atom is -0.477 e. The number of aromatic amines is 1. The Bertz CT molecular complexity index is 1420. The average Bonchev–Trinajstić information content (AvgIpc) is 3.30. The van der Waals surface area contributed by atoms with Gasteiger partial charge in [0.2, 0.25) is 5.16 Å². The van der Waals surface area contributed by atoms with Crippen LogP contribution < -0.4 is 0 Å². The molecule has 2 N–H and O–H groups in total. The normalized spacial score (nSPS) is 11.4. The van der Waals surface area contributed by atoms with Crippen LogP contribution in [0.25, 0.3) is 17.5 Å². The van der Waals surface area contributed by atoms with Gasteiger partial charge in [-0.05, 0) is 78.0 Å². The minimum absolute atomic E-state index is 0.106. The number of aliphatic carboxylic acids is 1. The van der Waals surface area contributed by atoms with Gasteiger partial charge >= 0.3 is 5.97 Å². The Kier molecular flexibility index (Phi) is 7.76. The molecule has 1 heterocycles. The maximum absolute atomic E-state index is 12.0. The molecule has 0 atom stereocenters. The molecule has 0 unspecified atom stereocenters. The van der Waals surface area contributed by atoms with E-state index in [0.717, 1.165) is 22.2 Å². The number of carboxylic acids is 1. The third-order valence-corrected chi connectivity index (χ3v) is 7.01.